The molecule has 0 amide bonds. The maximum Gasteiger partial charge on any atom is 0.316 e. The first kappa shape index (κ1) is 29.9. The summed E-state index contributed by atoms with van der Waals surface area (Å²) in [5.74, 6) is -0.948. The molecule has 11 N–H and O–H groups in total. The molecule has 0 aliphatic carbocycles. The Balaban J connectivity index is -0.0000000960. The van der Waals surface area contributed by atoms with Crippen molar-refractivity contribution in [3.63, 3.8) is 0 Å². The molecule has 0 aromatic heterocycles. The van der Waals surface area contributed by atoms with E-state index in [1.165, 1.54) is 0 Å². The monoisotopic (exact) mass is 288 g/mol. The maximum atomic E-state index is 10.5. The van der Waals surface area contributed by atoms with Crippen LogP contribution in [0.1, 0.15) is 0 Å². The molecule has 1 rings (SSSR count). The number of hydrogen-bond acceptors (Lipinski definition) is 4. The highest BCUT2D eigenvalue weighted by Crippen LogP contribution is 2.25. The Hall–Kier alpha value is -0.664. The standard InChI is InChI=1S/C6H6O5S.Mg.4H2O.2H/c7-4-1-2-5(8)6(3-4)12(9,10)11;;;;;;;/h1-3,7-8H,(H,9,10,11);;4*1H2;;. The lowest BCUT2D eigenvalue weighted by Crippen LogP contribution is -1.97. The van der Waals surface area contributed by atoms with E-state index >= 15 is 0 Å². The summed E-state index contributed by atoms with van der Waals surface area (Å²) in [5, 5.41) is 17.7. The zero-order chi connectivity index (χ0) is 9.35. The fourth-order valence-corrected chi connectivity index (χ4v) is 1.31. The van der Waals surface area contributed by atoms with E-state index in [4.69, 9.17) is 14.8 Å². The smallest absolute Gasteiger partial charge is 0.316 e. The average Bonchev–Trinajstić information content (AvgIpc) is 1.92. The van der Waals surface area contributed by atoms with Crippen molar-refractivity contribution in [2.75, 3.05) is 0 Å². The van der Waals surface area contributed by atoms with Gasteiger partial charge in [-0.15, -0.1) is 0 Å². The van der Waals surface area contributed by atoms with Gasteiger partial charge in [0.1, 0.15) is 16.4 Å². The second kappa shape index (κ2) is 10.5. The highest BCUT2D eigenvalue weighted by Gasteiger charge is 2.15. The number of phenolic OH excluding ortho intramolecular Hbond substituents is 2. The summed E-state index contributed by atoms with van der Waals surface area (Å²) in [6.45, 7) is 0. The van der Waals surface area contributed by atoms with E-state index in [-0.39, 0.29) is 50.7 Å². The lowest BCUT2D eigenvalue weighted by atomic mass is 10.3. The molecule has 0 unspecified atom stereocenters. The number of hydrogen-bond donors (Lipinski definition) is 3. The first-order valence-electron chi connectivity index (χ1n) is 2.91. The van der Waals surface area contributed by atoms with E-state index in [0.717, 1.165) is 18.2 Å². The Morgan fingerprint density at radius 2 is 1.35 bits per heavy atom. The van der Waals surface area contributed by atoms with Crippen LogP contribution in [0.2, 0.25) is 0 Å². The van der Waals surface area contributed by atoms with Crippen molar-refractivity contribution in [3.05, 3.63) is 18.2 Å². The minimum atomic E-state index is -4.47. The number of benzene rings is 1. The molecule has 9 nitrogen and oxygen atoms in total. The van der Waals surface area contributed by atoms with E-state index < -0.39 is 20.8 Å². The summed E-state index contributed by atoms with van der Waals surface area (Å²) in [6.07, 6.45) is 0. The highest BCUT2D eigenvalue weighted by atomic mass is 32.2. The molecule has 1 aromatic rings. The van der Waals surface area contributed by atoms with Gasteiger partial charge in [0.25, 0.3) is 10.1 Å². The lowest BCUT2D eigenvalue weighted by molar-refractivity contribution is 0.433. The van der Waals surface area contributed by atoms with Crippen molar-refractivity contribution in [1.82, 2.24) is 0 Å². The third kappa shape index (κ3) is 8.11. The predicted molar refractivity (Wildman–Crippen MR) is 62.6 cm³/mol. The molecule has 17 heavy (non-hydrogen) atoms. The summed E-state index contributed by atoms with van der Waals surface area (Å²) >= 11 is 0. The van der Waals surface area contributed by atoms with Crippen LogP contribution in [0.4, 0.5) is 0 Å². The molecule has 0 saturated carbocycles. The summed E-state index contributed by atoms with van der Waals surface area (Å²) in [4.78, 5) is -0.706. The Morgan fingerprint density at radius 1 is 0.941 bits per heavy atom. The molecule has 0 heterocycles. The van der Waals surface area contributed by atoms with Crippen molar-refractivity contribution in [2.45, 2.75) is 4.90 Å². The molecule has 0 fully saturated rings. The fraction of sp³-hybridized carbons (Fsp3) is 0. The first-order chi connectivity index (χ1) is 5.41. The van der Waals surface area contributed by atoms with Crippen molar-refractivity contribution < 1.29 is 45.1 Å². The first-order valence-corrected chi connectivity index (χ1v) is 4.35. The van der Waals surface area contributed by atoms with Crippen LogP contribution in [0.5, 0.6) is 11.5 Å². The van der Waals surface area contributed by atoms with E-state index in [0.29, 0.717) is 0 Å². The zero-order valence-electron chi connectivity index (χ0n) is 7.80. The Bertz CT molecular complexity index is 404. The SMILES string of the molecule is O.O.O.O.O=S(=O)(O)c1cc(O)ccc1O.[MgH2]. The predicted octanol–water partition coefficient (Wildman–Crippen LogP) is -3.87. The van der Waals surface area contributed by atoms with Gasteiger partial charge in [0.15, 0.2) is 0 Å². The van der Waals surface area contributed by atoms with E-state index in [1.54, 1.807) is 0 Å². The van der Waals surface area contributed by atoms with E-state index in [1.807, 2.05) is 0 Å². The zero-order valence-corrected chi connectivity index (χ0v) is 8.61. The van der Waals surface area contributed by atoms with E-state index in [9.17, 15) is 8.42 Å². The highest BCUT2D eigenvalue weighted by molar-refractivity contribution is 7.86. The molecule has 0 aliphatic rings. The topological polar surface area (TPSA) is 221 Å². The van der Waals surface area contributed by atoms with Crippen molar-refractivity contribution in [3.8, 4) is 11.5 Å². The van der Waals surface area contributed by atoms with Gasteiger partial charge < -0.3 is 32.1 Å². The quantitative estimate of drug-likeness (QED) is 0.267. The molecule has 1 aromatic carbocycles. The van der Waals surface area contributed by atoms with Gasteiger partial charge in [-0.1, -0.05) is 0 Å². The molecule has 0 atom stereocenters. The fourth-order valence-electron chi connectivity index (χ4n) is 0.709. The van der Waals surface area contributed by atoms with Crippen LogP contribution in [0, 0.1) is 0 Å². The number of rotatable bonds is 1. The molecule has 0 radical (unpaired) electrons. The second-order valence-corrected chi connectivity index (χ2v) is 3.52. The summed E-state index contributed by atoms with van der Waals surface area (Å²) in [7, 11) is -4.47. The Kier molecular flexibility index (Phi) is 18.4. The van der Waals surface area contributed by atoms with Gasteiger partial charge in [-0.2, -0.15) is 8.42 Å². The molecular weight excluding hydrogens is 272 g/mol. The van der Waals surface area contributed by atoms with Crippen LogP contribution in [-0.4, -0.2) is 68.1 Å². The van der Waals surface area contributed by atoms with Gasteiger partial charge in [-0.25, -0.2) is 0 Å². The van der Waals surface area contributed by atoms with Crippen LogP contribution in [-0.2, 0) is 10.1 Å². The Morgan fingerprint density at radius 3 is 1.65 bits per heavy atom. The second-order valence-electron chi connectivity index (χ2n) is 2.13. The summed E-state index contributed by atoms with van der Waals surface area (Å²) in [6, 6.07) is 2.83. The van der Waals surface area contributed by atoms with Gasteiger partial charge >= 0.3 is 23.1 Å². The molecule has 0 aliphatic heterocycles. The largest absolute Gasteiger partial charge is 0.508 e. The van der Waals surface area contributed by atoms with Gasteiger partial charge in [-0.3, -0.25) is 4.55 Å². The minimum Gasteiger partial charge on any atom is -0.508 e. The van der Waals surface area contributed by atoms with Crippen LogP contribution >= 0.6 is 0 Å². The molecule has 11 heteroatoms. The van der Waals surface area contributed by atoms with Crippen LogP contribution < -0.4 is 0 Å². The lowest BCUT2D eigenvalue weighted by Gasteiger charge is -2.00. The van der Waals surface area contributed by atoms with Gasteiger partial charge in [0.05, 0.1) is 0 Å². The van der Waals surface area contributed by atoms with E-state index in [2.05, 4.69) is 0 Å². The molecule has 0 bridgehead atoms. The third-order valence-electron chi connectivity index (χ3n) is 1.22. The molecule has 0 spiro atoms. The molecular formula is C6H16MgO9S. The normalized spacial score (nSPS) is 8.06. The van der Waals surface area contributed by atoms with Gasteiger partial charge in [-0.05, 0) is 12.1 Å². The Labute approximate surface area is 113 Å². The van der Waals surface area contributed by atoms with Crippen LogP contribution in [0.3, 0.4) is 0 Å². The van der Waals surface area contributed by atoms with Gasteiger partial charge in [0.2, 0.25) is 0 Å². The van der Waals surface area contributed by atoms with Crippen LogP contribution in [0.15, 0.2) is 23.1 Å². The average molecular weight is 289 g/mol. The van der Waals surface area contributed by atoms with Crippen molar-refractivity contribution in [2.24, 2.45) is 0 Å². The van der Waals surface area contributed by atoms with Gasteiger partial charge in [0, 0.05) is 6.07 Å². The number of aromatic hydroxyl groups is 2. The summed E-state index contributed by atoms with van der Waals surface area (Å²) < 4.78 is 29.5. The van der Waals surface area contributed by atoms with Crippen molar-refractivity contribution in [1.29, 1.82) is 0 Å². The number of phenols is 2. The maximum absolute atomic E-state index is 10.5. The molecule has 0 saturated heterocycles. The summed E-state index contributed by atoms with van der Waals surface area (Å²) in [5.41, 5.74) is 0. The van der Waals surface area contributed by atoms with Crippen molar-refractivity contribution >= 4 is 33.2 Å². The van der Waals surface area contributed by atoms with Crippen LogP contribution in [0.25, 0.3) is 0 Å². The molecule has 102 valence electrons. The minimum absolute atomic E-state index is 0. The third-order valence-corrected chi connectivity index (χ3v) is 2.10.